The summed E-state index contributed by atoms with van der Waals surface area (Å²) in [6, 6.07) is 12.5. The minimum atomic E-state index is -1.74. The molecular formula is C12H11NO2. The minimum Gasteiger partial charge on any atom is -0.453 e. The first-order chi connectivity index (χ1) is 8.59. The standard InChI is InChI=1S/C12H11NO2/c1-15-12(14)13-11-8-4-6-9-5-2-3-7-10(9)11/h2-8H,1H3,(H,13,14)/i1D2/hD. The van der Waals surface area contributed by atoms with E-state index in [2.05, 4.69) is 4.74 Å². The van der Waals surface area contributed by atoms with Crippen molar-refractivity contribution in [2.24, 2.45) is 0 Å². The van der Waals surface area contributed by atoms with Crippen molar-refractivity contribution in [2.75, 3.05) is 12.4 Å². The number of fused-ring (bicyclic) bond motifs is 1. The molecule has 0 saturated carbocycles. The summed E-state index contributed by atoms with van der Waals surface area (Å²) in [4.78, 5) is 11.5. The van der Waals surface area contributed by atoms with Gasteiger partial charge in [-0.05, 0) is 11.5 Å². The number of amides is 1. The van der Waals surface area contributed by atoms with Gasteiger partial charge in [0.25, 0.3) is 0 Å². The number of hydrogen-bond acceptors (Lipinski definition) is 2. The summed E-state index contributed by atoms with van der Waals surface area (Å²) >= 11 is 0. The van der Waals surface area contributed by atoms with Crippen LogP contribution in [0.5, 0.6) is 0 Å². The van der Waals surface area contributed by atoms with Gasteiger partial charge < -0.3 is 4.74 Å². The van der Waals surface area contributed by atoms with Crippen LogP contribution in [0.1, 0.15) is 2.74 Å². The predicted molar refractivity (Wildman–Crippen MR) is 60.0 cm³/mol. The third-order valence-corrected chi connectivity index (χ3v) is 2.08. The first-order valence-corrected chi connectivity index (χ1v) is 4.41. The number of carbonyl (C=O) groups excluding carboxylic acids is 1. The lowest BCUT2D eigenvalue weighted by Gasteiger charge is -2.06. The summed E-state index contributed by atoms with van der Waals surface area (Å²) in [5.41, 5.74) is 0.360. The molecular weight excluding hydrogens is 190 g/mol. The highest BCUT2D eigenvalue weighted by Crippen LogP contribution is 2.22. The molecule has 0 unspecified atom stereocenters. The highest BCUT2D eigenvalue weighted by atomic mass is 16.5. The van der Waals surface area contributed by atoms with Gasteiger partial charge in [0.1, 0.15) is 0 Å². The Morgan fingerprint density at radius 3 is 3.00 bits per heavy atom. The molecule has 0 saturated heterocycles. The van der Waals surface area contributed by atoms with E-state index in [1.54, 1.807) is 18.2 Å². The van der Waals surface area contributed by atoms with Gasteiger partial charge in [0.05, 0.1) is 15.5 Å². The second kappa shape index (κ2) is 4.00. The van der Waals surface area contributed by atoms with Gasteiger partial charge >= 0.3 is 6.09 Å². The number of hydrogen-bond donors (Lipinski definition) is 1. The van der Waals surface area contributed by atoms with Crippen molar-refractivity contribution in [2.45, 2.75) is 0 Å². The van der Waals surface area contributed by atoms with Gasteiger partial charge in [-0.1, -0.05) is 36.4 Å². The lowest BCUT2D eigenvalue weighted by Crippen LogP contribution is -2.10. The van der Waals surface area contributed by atoms with Crippen molar-refractivity contribution < 1.29 is 13.7 Å². The van der Waals surface area contributed by atoms with Crippen molar-refractivity contribution in [3.05, 3.63) is 42.5 Å². The number of carbonyl (C=O) groups is 1. The van der Waals surface area contributed by atoms with Gasteiger partial charge in [-0.2, -0.15) is 0 Å². The van der Waals surface area contributed by atoms with E-state index in [9.17, 15) is 4.79 Å². The number of methoxy groups -OCH3 is 1. The average molecular weight is 204 g/mol. The molecule has 0 fully saturated rings. The van der Waals surface area contributed by atoms with Crippen LogP contribution < -0.4 is 5.31 Å². The van der Waals surface area contributed by atoms with Gasteiger partial charge in [-0.25, -0.2) is 4.79 Å². The van der Waals surface area contributed by atoms with E-state index >= 15 is 0 Å². The Morgan fingerprint density at radius 1 is 1.33 bits per heavy atom. The fourth-order valence-corrected chi connectivity index (χ4v) is 1.43. The maximum absolute atomic E-state index is 11.5. The molecule has 15 heavy (non-hydrogen) atoms. The van der Waals surface area contributed by atoms with Crippen LogP contribution in [0.25, 0.3) is 10.8 Å². The molecule has 1 amide bonds. The Balaban J connectivity index is 2.38. The Hall–Kier alpha value is -2.03. The molecule has 0 aliphatic heterocycles. The topological polar surface area (TPSA) is 38.3 Å². The Bertz CT molecular complexity index is 569. The molecule has 3 heteroatoms. The van der Waals surface area contributed by atoms with Crippen LogP contribution in [0.2, 0.25) is 1.41 Å². The molecule has 3 nitrogen and oxygen atoms in total. The molecule has 0 spiro atoms. The largest absolute Gasteiger partial charge is 0.453 e. The number of ether oxygens (including phenoxy) is 1. The van der Waals surface area contributed by atoms with Crippen molar-refractivity contribution in [1.82, 2.24) is 0 Å². The fraction of sp³-hybridized carbons (Fsp3) is 0.0833. The third kappa shape index (κ3) is 1.91. The van der Waals surface area contributed by atoms with E-state index in [4.69, 9.17) is 4.15 Å². The van der Waals surface area contributed by atoms with Crippen LogP contribution >= 0.6 is 0 Å². The molecule has 2 aromatic rings. The average Bonchev–Trinajstić information content (AvgIpc) is 2.36. The Kier molecular flexibility index (Phi) is 1.72. The second-order valence-corrected chi connectivity index (χ2v) is 2.99. The highest BCUT2D eigenvalue weighted by Gasteiger charge is 2.03. The molecule has 1 N–H and O–H groups in total. The fourth-order valence-electron chi connectivity index (χ4n) is 1.43. The minimum absolute atomic E-state index is 0.360. The Labute approximate surface area is 91.9 Å². The summed E-state index contributed by atoms with van der Waals surface area (Å²) in [6.45, 7) is 0. The van der Waals surface area contributed by atoms with Crippen LogP contribution in [-0.4, -0.2) is 13.2 Å². The maximum atomic E-state index is 11.5. The van der Waals surface area contributed by atoms with Gasteiger partial charge in [-0.3, -0.25) is 5.31 Å². The lowest BCUT2D eigenvalue weighted by molar-refractivity contribution is 0.187. The Morgan fingerprint density at radius 2 is 2.13 bits per heavy atom. The molecule has 0 heterocycles. The molecule has 0 aromatic heterocycles. The monoisotopic (exact) mass is 204 g/mol. The smallest absolute Gasteiger partial charge is 0.411 e. The number of nitrogens with one attached hydrogen (secondary N) is 1. The molecule has 0 radical (unpaired) electrons. The first-order valence-electron chi connectivity index (χ1n) is 6.01. The quantitative estimate of drug-likeness (QED) is 0.775. The number of benzene rings is 2. The zero-order chi connectivity index (χ0) is 13.1. The van der Waals surface area contributed by atoms with Crippen LogP contribution in [-0.2, 0) is 4.74 Å². The molecule has 76 valence electrons. The molecule has 0 bridgehead atoms. The SMILES string of the molecule is [2H]C([2H])OC(=O)N([2H])c1cccc2ccccc12. The third-order valence-electron chi connectivity index (χ3n) is 2.08. The molecule has 0 atom stereocenters. The number of rotatable bonds is 1. The van der Waals surface area contributed by atoms with E-state index in [-0.39, 0.29) is 0 Å². The van der Waals surface area contributed by atoms with E-state index in [0.29, 0.717) is 11.0 Å². The molecule has 2 rings (SSSR count). The van der Waals surface area contributed by atoms with E-state index in [0.717, 1.165) is 10.8 Å². The zero-order valence-electron chi connectivity index (χ0n) is 10.9. The summed E-state index contributed by atoms with van der Waals surface area (Å²) in [5, 5.41) is 2.19. The normalized spacial score (nSPS) is 13.0. The van der Waals surface area contributed by atoms with Crippen LogP contribution in [0.15, 0.2) is 42.5 Å². The summed E-state index contributed by atoms with van der Waals surface area (Å²) in [5.74, 6) is 0. The highest BCUT2D eigenvalue weighted by molar-refractivity contribution is 5.99. The van der Waals surface area contributed by atoms with Gasteiger partial charge in [0.15, 0.2) is 1.41 Å². The number of anilines is 1. The molecule has 0 aliphatic carbocycles. The van der Waals surface area contributed by atoms with Crippen molar-refractivity contribution in [3.8, 4) is 0 Å². The van der Waals surface area contributed by atoms with E-state index in [1.165, 1.54) is 0 Å². The van der Waals surface area contributed by atoms with Gasteiger partial charge in [0.2, 0.25) is 0 Å². The second-order valence-electron chi connectivity index (χ2n) is 2.99. The van der Waals surface area contributed by atoms with Crippen molar-refractivity contribution in [3.63, 3.8) is 0 Å². The first kappa shape index (κ1) is 6.45. The van der Waals surface area contributed by atoms with Crippen LogP contribution in [0.4, 0.5) is 10.5 Å². The summed E-state index contributed by atoms with van der Waals surface area (Å²) in [6.07, 6.45) is -1.04. The molecule has 0 aliphatic rings. The zero-order valence-corrected chi connectivity index (χ0v) is 7.88. The van der Waals surface area contributed by atoms with Crippen LogP contribution in [0, 0.1) is 0 Å². The van der Waals surface area contributed by atoms with E-state index in [1.807, 2.05) is 24.3 Å². The molecule has 2 aromatic carbocycles. The summed E-state index contributed by atoms with van der Waals surface area (Å²) in [7, 11) is -1.74. The van der Waals surface area contributed by atoms with E-state index < -0.39 is 13.2 Å². The maximum Gasteiger partial charge on any atom is 0.411 e. The summed E-state index contributed by atoms with van der Waals surface area (Å²) < 4.78 is 25.7. The lowest BCUT2D eigenvalue weighted by atomic mass is 10.1. The van der Waals surface area contributed by atoms with Gasteiger partial charge in [-0.15, -0.1) is 0 Å². The predicted octanol–water partition coefficient (Wildman–Crippen LogP) is 3.02. The van der Waals surface area contributed by atoms with Gasteiger partial charge in [0, 0.05) is 5.39 Å². The van der Waals surface area contributed by atoms with Crippen molar-refractivity contribution in [1.29, 1.82) is 0 Å². The van der Waals surface area contributed by atoms with Crippen molar-refractivity contribution >= 4 is 22.6 Å². The van der Waals surface area contributed by atoms with Crippen LogP contribution in [0.3, 0.4) is 0 Å².